The molecule has 0 radical (unpaired) electrons. The van der Waals surface area contributed by atoms with Crippen LogP contribution in [0.2, 0.25) is 0 Å². The number of hydrogen-bond acceptors (Lipinski definition) is 4. The minimum absolute atomic E-state index is 0.480. The van der Waals surface area contributed by atoms with Gasteiger partial charge in [0.25, 0.3) is 0 Å². The average Bonchev–Trinajstić information content (AvgIpc) is 2.46. The quantitative estimate of drug-likeness (QED) is 0.713. The molecule has 0 aliphatic heterocycles. The largest absolute Gasteiger partial charge is 0.381 e. The number of fused-ring (bicyclic) bond motifs is 1. The maximum atomic E-state index is 5.95. The molecule has 0 amide bonds. The number of para-hydroxylation sites is 2. The van der Waals surface area contributed by atoms with Crippen molar-refractivity contribution in [2.45, 2.75) is 46.0 Å². The molecule has 0 saturated carbocycles. The lowest BCUT2D eigenvalue weighted by Crippen LogP contribution is -2.08. The van der Waals surface area contributed by atoms with Crippen molar-refractivity contribution in [1.82, 2.24) is 9.97 Å². The molecule has 2 aromatic rings. The number of benzene rings is 1. The second-order valence-electron chi connectivity index (χ2n) is 5.97. The number of aromatic nitrogens is 2. The molecule has 2 rings (SSSR count). The van der Waals surface area contributed by atoms with Crippen molar-refractivity contribution in [3.05, 3.63) is 24.3 Å². The summed E-state index contributed by atoms with van der Waals surface area (Å²) in [5.74, 6) is 2.00. The van der Waals surface area contributed by atoms with Crippen molar-refractivity contribution in [3.8, 4) is 0 Å². The highest BCUT2D eigenvalue weighted by molar-refractivity contribution is 5.79. The molecular weight excluding hydrogens is 260 g/mol. The van der Waals surface area contributed by atoms with Gasteiger partial charge in [-0.15, -0.1) is 0 Å². The van der Waals surface area contributed by atoms with Crippen molar-refractivity contribution in [2.75, 3.05) is 17.6 Å². The second kappa shape index (κ2) is 7.81. The summed E-state index contributed by atoms with van der Waals surface area (Å²) in [6.07, 6.45) is 6.36. The molecule has 0 saturated heterocycles. The van der Waals surface area contributed by atoms with Gasteiger partial charge in [-0.05, 0) is 24.5 Å². The van der Waals surface area contributed by atoms with Gasteiger partial charge in [-0.25, -0.2) is 9.97 Å². The van der Waals surface area contributed by atoms with Crippen LogP contribution in [0.4, 0.5) is 11.6 Å². The predicted molar refractivity (Wildman–Crippen MR) is 90.4 cm³/mol. The maximum absolute atomic E-state index is 5.95. The molecule has 3 N–H and O–H groups in total. The van der Waals surface area contributed by atoms with Crippen LogP contribution in [0.25, 0.3) is 11.0 Å². The van der Waals surface area contributed by atoms with E-state index in [1.807, 2.05) is 24.3 Å². The van der Waals surface area contributed by atoms with E-state index in [2.05, 4.69) is 29.1 Å². The Morgan fingerprint density at radius 2 is 1.67 bits per heavy atom. The molecule has 0 unspecified atom stereocenters. The Bertz CT molecular complexity index is 566. The van der Waals surface area contributed by atoms with Gasteiger partial charge in [0.1, 0.15) is 0 Å². The molecule has 0 bridgehead atoms. The first kappa shape index (κ1) is 15.5. The van der Waals surface area contributed by atoms with Crippen LogP contribution in [-0.2, 0) is 0 Å². The number of anilines is 2. The molecule has 1 aromatic heterocycles. The number of nitrogen functional groups attached to an aromatic ring is 1. The summed E-state index contributed by atoms with van der Waals surface area (Å²) in [5, 5.41) is 3.31. The van der Waals surface area contributed by atoms with Crippen LogP contribution in [0.3, 0.4) is 0 Å². The monoisotopic (exact) mass is 286 g/mol. The van der Waals surface area contributed by atoms with E-state index in [-0.39, 0.29) is 0 Å². The number of unbranched alkanes of at least 4 members (excludes halogenated alkanes) is 3. The molecule has 4 heteroatoms. The third-order valence-corrected chi connectivity index (χ3v) is 3.60. The number of nitrogens with zero attached hydrogens (tertiary/aromatic N) is 2. The van der Waals surface area contributed by atoms with E-state index < -0.39 is 0 Å². The van der Waals surface area contributed by atoms with Crippen LogP contribution in [0.15, 0.2) is 24.3 Å². The average molecular weight is 286 g/mol. The molecule has 114 valence electrons. The molecule has 21 heavy (non-hydrogen) atoms. The topological polar surface area (TPSA) is 63.8 Å². The Morgan fingerprint density at radius 1 is 1.00 bits per heavy atom. The molecule has 1 aromatic carbocycles. The summed E-state index contributed by atoms with van der Waals surface area (Å²) in [6, 6.07) is 7.79. The van der Waals surface area contributed by atoms with Crippen LogP contribution in [0, 0.1) is 5.92 Å². The molecule has 0 spiro atoms. The van der Waals surface area contributed by atoms with E-state index >= 15 is 0 Å². The molecule has 0 aliphatic carbocycles. The van der Waals surface area contributed by atoms with E-state index in [0.717, 1.165) is 29.9 Å². The Kier molecular flexibility index (Phi) is 5.78. The SMILES string of the molecule is CC(C)CCCCCCNc1nc2ccccc2nc1N. The fourth-order valence-corrected chi connectivity index (χ4v) is 2.38. The van der Waals surface area contributed by atoms with E-state index in [9.17, 15) is 0 Å². The predicted octanol–water partition coefficient (Wildman–Crippen LogP) is 4.23. The smallest absolute Gasteiger partial charge is 0.169 e. The fraction of sp³-hybridized carbons (Fsp3) is 0.529. The zero-order valence-electron chi connectivity index (χ0n) is 13.1. The summed E-state index contributed by atoms with van der Waals surface area (Å²) in [5.41, 5.74) is 7.67. The highest BCUT2D eigenvalue weighted by Gasteiger charge is 2.04. The highest BCUT2D eigenvalue weighted by Crippen LogP contribution is 2.18. The molecule has 4 nitrogen and oxygen atoms in total. The van der Waals surface area contributed by atoms with E-state index in [0.29, 0.717) is 11.6 Å². The Balaban J connectivity index is 1.77. The van der Waals surface area contributed by atoms with Gasteiger partial charge in [-0.3, -0.25) is 0 Å². The van der Waals surface area contributed by atoms with Gasteiger partial charge < -0.3 is 11.1 Å². The van der Waals surface area contributed by atoms with E-state index in [1.165, 1.54) is 25.7 Å². The second-order valence-corrected chi connectivity index (χ2v) is 5.97. The lowest BCUT2D eigenvalue weighted by molar-refractivity contribution is 0.523. The van der Waals surface area contributed by atoms with Gasteiger partial charge in [0.2, 0.25) is 0 Å². The highest BCUT2D eigenvalue weighted by atomic mass is 15.1. The zero-order valence-corrected chi connectivity index (χ0v) is 13.1. The molecule has 0 aliphatic rings. The number of nitrogens with one attached hydrogen (secondary N) is 1. The minimum Gasteiger partial charge on any atom is -0.381 e. The van der Waals surface area contributed by atoms with Gasteiger partial charge in [-0.1, -0.05) is 51.7 Å². The summed E-state index contributed by atoms with van der Waals surface area (Å²) >= 11 is 0. The summed E-state index contributed by atoms with van der Waals surface area (Å²) in [7, 11) is 0. The fourth-order valence-electron chi connectivity index (χ4n) is 2.38. The lowest BCUT2D eigenvalue weighted by Gasteiger charge is -2.09. The Labute approximate surface area is 127 Å². The van der Waals surface area contributed by atoms with Gasteiger partial charge in [-0.2, -0.15) is 0 Å². The van der Waals surface area contributed by atoms with Crippen molar-refractivity contribution < 1.29 is 0 Å². The lowest BCUT2D eigenvalue weighted by atomic mass is 10.0. The first-order chi connectivity index (χ1) is 10.2. The molecule has 0 fully saturated rings. The third kappa shape index (κ3) is 4.88. The molecule has 0 atom stereocenters. The van der Waals surface area contributed by atoms with Crippen molar-refractivity contribution >= 4 is 22.7 Å². The van der Waals surface area contributed by atoms with Gasteiger partial charge in [0.15, 0.2) is 11.6 Å². The Morgan fingerprint density at radius 3 is 2.38 bits per heavy atom. The van der Waals surface area contributed by atoms with Crippen LogP contribution < -0.4 is 11.1 Å². The van der Waals surface area contributed by atoms with E-state index in [1.54, 1.807) is 0 Å². The van der Waals surface area contributed by atoms with E-state index in [4.69, 9.17) is 5.73 Å². The van der Waals surface area contributed by atoms with Crippen LogP contribution in [-0.4, -0.2) is 16.5 Å². The van der Waals surface area contributed by atoms with Crippen LogP contribution >= 0.6 is 0 Å². The van der Waals surface area contributed by atoms with Crippen molar-refractivity contribution in [1.29, 1.82) is 0 Å². The van der Waals surface area contributed by atoms with Crippen LogP contribution in [0.5, 0.6) is 0 Å². The van der Waals surface area contributed by atoms with Gasteiger partial charge in [0.05, 0.1) is 11.0 Å². The molecular formula is C17H26N4. The number of rotatable bonds is 8. The minimum atomic E-state index is 0.480. The summed E-state index contributed by atoms with van der Waals surface area (Å²) in [4.78, 5) is 8.91. The maximum Gasteiger partial charge on any atom is 0.169 e. The first-order valence-corrected chi connectivity index (χ1v) is 7.93. The Hall–Kier alpha value is -1.84. The van der Waals surface area contributed by atoms with Crippen molar-refractivity contribution in [3.63, 3.8) is 0 Å². The van der Waals surface area contributed by atoms with Gasteiger partial charge >= 0.3 is 0 Å². The summed E-state index contributed by atoms with van der Waals surface area (Å²) in [6.45, 7) is 5.46. The normalized spacial score (nSPS) is 11.2. The molecule has 1 heterocycles. The van der Waals surface area contributed by atoms with Crippen molar-refractivity contribution in [2.24, 2.45) is 5.92 Å². The number of hydrogen-bond donors (Lipinski definition) is 2. The van der Waals surface area contributed by atoms with Crippen LogP contribution in [0.1, 0.15) is 46.0 Å². The van der Waals surface area contributed by atoms with Gasteiger partial charge in [0, 0.05) is 6.54 Å². The number of nitrogens with two attached hydrogens (primary N) is 1. The first-order valence-electron chi connectivity index (χ1n) is 7.93. The summed E-state index contributed by atoms with van der Waals surface area (Å²) < 4.78 is 0. The standard InChI is InChI=1S/C17H26N4/c1-13(2)9-5-3-4-8-12-19-17-16(18)20-14-10-6-7-11-15(14)21-17/h6-7,10-11,13H,3-5,8-9,12H2,1-2H3,(H2,18,20)(H,19,21). The third-order valence-electron chi connectivity index (χ3n) is 3.60. The zero-order chi connectivity index (χ0) is 15.1.